The monoisotopic (exact) mass is 576 g/mol. The van der Waals surface area contributed by atoms with Gasteiger partial charge in [-0.2, -0.15) is 0 Å². The second kappa shape index (κ2) is 10.6. The van der Waals surface area contributed by atoms with Crippen LogP contribution < -0.4 is 0 Å². The van der Waals surface area contributed by atoms with Gasteiger partial charge in [0, 0.05) is 20.9 Å². The van der Waals surface area contributed by atoms with Gasteiger partial charge in [-0.1, -0.05) is 56.1 Å². The first-order valence-corrected chi connectivity index (χ1v) is 12.0. The molecule has 2 aromatic rings. The maximum absolute atomic E-state index is 13.7. The number of ketones is 2. The fourth-order valence-electron chi connectivity index (χ4n) is 3.82. The fourth-order valence-corrected chi connectivity index (χ4v) is 4.35. The van der Waals surface area contributed by atoms with E-state index >= 15 is 0 Å². The van der Waals surface area contributed by atoms with Crippen LogP contribution in [0.15, 0.2) is 63.0 Å². The lowest BCUT2D eigenvalue weighted by atomic mass is 9.76. The first-order valence-electron chi connectivity index (χ1n) is 10.4. The Morgan fingerprint density at radius 2 is 1.42 bits per heavy atom. The molecule has 3 rings (SSSR count). The zero-order valence-electron chi connectivity index (χ0n) is 18.2. The summed E-state index contributed by atoms with van der Waals surface area (Å²) >= 11 is 6.69. The van der Waals surface area contributed by atoms with Gasteiger partial charge in [0.1, 0.15) is 11.0 Å². The Kier molecular flexibility index (Phi) is 8.02. The molecule has 0 amide bonds. The molecule has 33 heavy (non-hydrogen) atoms. The number of rotatable bonds is 8. The Balaban J connectivity index is 2.10. The predicted molar refractivity (Wildman–Crippen MR) is 129 cm³/mol. The van der Waals surface area contributed by atoms with E-state index in [9.17, 15) is 19.2 Å². The van der Waals surface area contributed by atoms with Crippen molar-refractivity contribution in [2.75, 3.05) is 13.2 Å². The Hall–Kier alpha value is -2.58. The molecule has 0 bridgehead atoms. The van der Waals surface area contributed by atoms with E-state index in [4.69, 9.17) is 9.47 Å². The van der Waals surface area contributed by atoms with Crippen molar-refractivity contribution in [3.8, 4) is 0 Å². The Morgan fingerprint density at radius 3 is 1.97 bits per heavy atom. The number of carbonyl (C=O) groups is 4. The molecule has 0 aliphatic heterocycles. The van der Waals surface area contributed by atoms with Crippen molar-refractivity contribution >= 4 is 60.9 Å². The van der Waals surface area contributed by atoms with Gasteiger partial charge in [-0.15, -0.1) is 0 Å². The SMILES string of the molecule is CCOC(=O)C1=C(c2ccc(Br)cc2)CC(CC(=O)c2ccc(Br)cc2)(C(=O)OCC)C1=O. The predicted octanol–water partition coefficient (Wildman–Crippen LogP) is 5.32. The molecule has 0 N–H and O–H groups in total. The van der Waals surface area contributed by atoms with E-state index in [0.29, 0.717) is 16.7 Å². The van der Waals surface area contributed by atoms with E-state index in [0.717, 1.165) is 8.95 Å². The van der Waals surface area contributed by atoms with Crippen molar-refractivity contribution in [2.24, 2.45) is 5.41 Å². The third kappa shape index (κ3) is 5.17. The van der Waals surface area contributed by atoms with Crippen LogP contribution in [-0.2, 0) is 23.9 Å². The summed E-state index contributed by atoms with van der Waals surface area (Å²) < 4.78 is 12.0. The lowest BCUT2D eigenvalue weighted by molar-refractivity contribution is -0.158. The molecule has 8 heteroatoms. The van der Waals surface area contributed by atoms with Crippen LogP contribution in [0.1, 0.15) is 42.6 Å². The second-order valence-electron chi connectivity index (χ2n) is 7.50. The molecule has 172 valence electrons. The highest BCUT2D eigenvalue weighted by molar-refractivity contribution is 9.10. The molecule has 2 aromatic carbocycles. The van der Waals surface area contributed by atoms with E-state index in [1.165, 1.54) is 0 Å². The number of ether oxygens (including phenoxy) is 2. The van der Waals surface area contributed by atoms with Gasteiger partial charge in [0.2, 0.25) is 0 Å². The summed E-state index contributed by atoms with van der Waals surface area (Å²) in [7, 11) is 0. The van der Waals surface area contributed by atoms with Crippen LogP contribution in [0.3, 0.4) is 0 Å². The van der Waals surface area contributed by atoms with Gasteiger partial charge in [-0.25, -0.2) is 4.79 Å². The van der Waals surface area contributed by atoms with Crippen LogP contribution in [-0.4, -0.2) is 36.7 Å². The Bertz CT molecular complexity index is 1120. The van der Waals surface area contributed by atoms with Crippen molar-refractivity contribution in [1.29, 1.82) is 0 Å². The van der Waals surface area contributed by atoms with Gasteiger partial charge in [-0.05, 0) is 55.7 Å². The number of halogens is 2. The van der Waals surface area contributed by atoms with Gasteiger partial charge in [0.25, 0.3) is 0 Å². The van der Waals surface area contributed by atoms with Crippen LogP contribution in [0.2, 0.25) is 0 Å². The fraction of sp³-hybridized carbons (Fsp3) is 0.280. The third-order valence-electron chi connectivity index (χ3n) is 5.41. The first-order chi connectivity index (χ1) is 15.7. The molecular weight excluding hydrogens is 556 g/mol. The van der Waals surface area contributed by atoms with E-state index < -0.39 is 35.3 Å². The van der Waals surface area contributed by atoms with E-state index in [-0.39, 0.29) is 25.2 Å². The number of benzene rings is 2. The smallest absolute Gasteiger partial charge is 0.342 e. The normalized spacial score (nSPS) is 17.8. The van der Waals surface area contributed by atoms with Crippen molar-refractivity contribution in [3.05, 3.63) is 74.2 Å². The zero-order chi connectivity index (χ0) is 24.2. The molecule has 0 fully saturated rings. The molecule has 1 aliphatic rings. The average Bonchev–Trinajstić information content (AvgIpc) is 3.08. The highest BCUT2D eigenvalue weighted by Crippen LogP contribution is 2.48. The average molecular weight is 578 g/mol. The van der Waals surface area contributed by atoms with E-state index in [2.05, 4.69) is 31.9 Å². The minimum absolute atomic E-state index is 0.0305. The minimum atomic E-state index is -1.84. The molecule has 0 aromatic heterocycles. The van der Waals surface area contributed by atoms with Crippen molar-refractivity contribution in [3.63, 3.8) is 0 Å². The summed E-state index contributed by atoms with van der Waals surface area (Å²) in [6, 6.07) is 13.7. The number of allylic oxidation sites excluding steroid dienone is 1. The second-order valence-corrected chi connectivity index (χ2v) is 9.33. The lowest BCUT2D eigenvalue weighted by Crippen LogP contribution is -2.41. The first kappa shape index (κ1) is 25.1. The molecule has 1 atom stereocenters. The van der Waals surface area contributed by atoms with Gasteiger partial charge in [-0.3, -0.25) is 14.4 Å². The summed E-state index contributed by atoms with van der Waals surface area (Å²) in [5, 5.41) is 0. The summed E-state index contributed by atoms with van der Waals surface area (Å²) in [5.74, 6) is -2.79. The highest BCUT2D eigenvalue weighted by Gasteiger charge is 2.57. The molecule has 1 aliphatic carbocycles. The van der Waals surface area contributed by atoms with Crippen LogP contribution >= 0.6 is 31.9 Å². The summed E-state index contributed by atoms with van der Waals surface area (Å²) in [6.07, 6.45) is -0.558. The number of esters is 2. The van der Waals surface area contributed by atoms with Crippen LogP contribution in [0.5, 0.6) is 0 Å². The van der Waals surface area contributed by atoms with Crippen molar-refractivity contribution in [1.82, 2.24) is 0 Å². The molecule has 0 heterocycles. The number of hydrogen-bond donors (Lipinski definition) is 0. The van der Waals surface area contributed by atoms with Gasteiger partial charge < -0.3 is 9.47 Å². The Morgan fingerprint density at radius 1 is 0.879 bits per heavy atom. The van der Waals surface area contributed by atoms with Gasteiger partial charge >= 0.3 is 11.9 Å². The quantitative estimate of drug-likeness (QED) is 0.183. The van der Waals surface area contributed by atoms with E-state index in [1.807, 2.05) is 0 Å². The van der Waals surface area contributed by atoms with E-state index in [1.54, 1.807) is 62.4 Å². The van der Waals surface area contributed by atoms with Crippen molar-refractivity contribution < 1.29 is 28.7 Å². The van der Waals surface area contributed by atoms with Gasteiger partial charge in [0.15, 0.2) is 11.6 Å². The summed E-state index contributed by atoms with van der Waals surface area (Å²) in [6.45, 7) is 3.35. The maximum atomic E-state index is 13.7. The lowest BCUT2D eigenvalue weighted by Gasteiger charge is -2.25. The standard InChI is InChI=1S/C25H22Br2O6/c1-3-32-23(30)21-19(15-5-9-17(26)10-6-15)13-25(22(21)29,24(31)33-4-2)14-20(28)16-7-11-18(27)12-8-16/h5-12H,3-4,13-14H2,1-2H3. The minimum Gasteiger partial charge on any atom is -0.465 e. The molecule has 0 saturated heterocycles. The molecular formula is C25H22Br2O6. The number of carbonyl (C=O) groups excluding carboxylic acids is 4. The summed E-state index contributed by atoms with van der Waals surface area (Å²) in [4.78, 5) is 52.8. The largest absolute Gasteiger partial charge is 0.465 e. The molecule has 1 unspecified atom stereocenters. The molecule has 0 saturated carbocycles. The molecule has 0 spiro atoms. The van der Waals surface area contributed by atoms with Crippen LogP contribution in [0.25, 0.3) is 5.57 Å². The zero-order valence-corrected chi connectivity index (χ0v) is 21.3. The summed E-state index contributed by atoms with van der Waals surface area (Å²) in [5.41, 5.74) is -0.746. The molecule has 6 nitrogen and oxygen atoms in total. The molecule has 0 radical (unpaired) electrons. The topological polar surface area (TPSA) is 86.7 Å². The van der Waals surface area contributed by atoms with Gasteiger partial charge in [0.05, 0.1) is 13.2 Å². The third-order valence-corrected chi connectivity index (χ3v) is 6.47. The van der Waals surface area contributed by atoms with Crippen LogP contribution in [0.4, 0.5) is 0 Å². The Labute approximate surface area is 208 Å². The van der Waals surface area contributed by atoms with Crippen molar-refractivity contribution in [2.45, 2.75) is 26.7 Å². The van der Waals surface area contributed by atoms with Crippen LogP contribution in [0, 0.1) is 5.41 Å². The number of hydrogen-bond acceptors (Lipinski definition) is 6. The maximum Gasteiger partial charge on any atom is 0.342 e. The number of Topliss-reactive ketones (excluding diaryl/α,β-unsaturated/α-hetero) is 2. The highest BCUT2D eigenvalue weighted by atomic mass is 79.9.